The van der Waals surface area contributed by atoms with Gasteiger partial charge >= 0.3 is 0 Å². The van der Waals surface area contributed by atoms with Gasteiger partial charge in [0.15, 0.2) is 11.5 Å². The quantitative estimate of drug-likeness (QED) is 0.175. The van der Waals surface area contributed by atoms with Crippen LogP contribution in [0.3, 0.4) is 0 Å². The van der Waals surface area contributed by atoms with Crippen LogP contribution in [0.15, 0.2) is 72.3 Å². The lowest BCUT2D eigenvalue weighted by atomic mass is 10.0. The fraction of sp³-hybridized carbons (Fsp3) is 0.250. The first-order chi connectivity index (χ1) is 20.1. The Morgan fingerprint density at radius 2 is 1.95 bits per heavy atom. The number of thiophene rings is 1. The molecule has 0 spiro atoms. The van der Waals surface area contributed by atoms with E-state index in [-0.39, 0.29) is 0 Å². The van der Waals surface area contributed by atoms with E-state index in [1.54, 1.807) is 11.3 Å². The Morgan fingerprint density at radius 3 is 2.76 bits per heavy atom. The molecule has 5 N–H and O–H groups in total. The van der Waals surface area contributed by atoms with E-state index in [1.807, 2.05) is 30.6 Å². The van der Waals surface area contributed by atoms with Crippen molar-refractivity contribution in [2.45, 2.75) is 46.0 Å². The molecule has 2 aliphatic carbocycles. The normalized spacial score (nSPS) is 16.0. The van der Waals surface area contributed by atoms with Crippen molar-refractivity contribution in [2.75, 3.05) is 5.32 Å². The van der Waals surface area contributed by atoms with Gasteiger partial charge in [0.05, 0.1) is 28.8 Å². The van der Waals surface area contributed by atoms with Gasteiger partial charge in [-0.1, -0.05) is 18.9 Å². The fourth-order valence-corrected chi connectivity index (χ4v) is 6.76. The second-order valence-electron chi connectivity index (χ2n) is 10.8. The molecule has 41 heavy (non-hydrogen) atoms. The first kappa shape index (κ1) is 25.5. The van der Waals surface area contributed by atoms with Gasteiger partial charge in [0, 0.05) is 50.6 Å². The van der Waals surface area contributed by atoms with Gasteiger partial charge in [-0.3, -0.25) is 10.1 Å². The Hall–Kier alpha value is -4.50. The smallest absolute Gasteiger partial charge is 0.161 e. The lowest BCUT2D eigenvalue weighted by molar-refractivity contribution is 0.645. The van der Waals surface area contributed by atoms with Crippen LogP contribution in [0.5, 0.6) is 0 Å². The van der Waals surface area contributed by atoms with Gasteiger partial charge in [-0.05, 0) is 75.1 Å². The molecule has 9 heteroatoms. The zero-order chi connectivity index (χ0) is 27.9. The van der Waals surface area contributed by atoms with E-state index in [9.17, 15) is 0 Å². The predicted octanol–water partition coefficient (Wildman–Crippen LogP) is 7.12. The summed E-state index contributed by atoms with van der Waals surface area (Å²) in [5.41, 5.74) is 16.3. The van der Waals surface area contributed by atoms with Crippen LogP contribution in [0.4, 0.5) is 5.69 Å². The van der Waals surface area contributed by atoms with Gasteiger partial charge < -0.3 is 16.0 Å². The highest BCUT2D eigenvalue weighted by Gasteiger charge is 2.23. The number of imidazole rings is 1. The molecular formula is C32H32N8S. The molecule has 8 nitrogen and oxygen atoms in total. The summed E-state index contributed by atoms with van der Waals surface area (Å²) in [7, 11) is 0. The van der Waals surface area contributed by atoms with E-state index in [0.29, 0.717) is 23.9 Å². The fourth-order valence-electron chi connectivity index (χ4n) is 5.87. The molecule has 0 saturated heterocycles. The third kappa shape index (κ3) is 4.86. The number of fused-ring (bicyclic) bond motifs is 2. The summed E-state index contributed by atoms with van der Waals surface area (Å²) in [6.45, 7) is 4.22. The molecule has 0 atom stereocenters. The summed E-state index contributed by atoms with van der Waals surface area (Å²) < 4.78 is 0. The number of H-pyrrole nitrogens is 2. The third-order valence-corrected chi connectivity index (χ3v) is 8.98. The van der Waals surface area contributed by atoms with Gasteiger partial charge in [0.2, 0.25) is 0 Å². The number of rotatable bonds is 6. The van der Waals surface area contributed by atoms with Gasteiger partial charge in [0.1, 0.15) is 5.52 Å². The number of anilines is 1. The maximum atomic E-state index is 6.31. The number of hydrogen-bond donors (Lipinski definition) is 4. The molecule has 1 fully saturated rings. The summed E-state index contributed by atoms with van der Waals surface area (Å²) >= 11 is 1.75. The third-order valence-electron chi connectivity index (χ3n) is 7.95. The first-order valence-electron chi connectivity index (χ1n) is 14.1. The summed E-state index contributed by atoms with van der Waals surface area (Å²) in [6.07, 6.45) is 15.6. The van der Waals surface area contributed by atoms with Crippen LogP contribution < -0.4 is 11.1 Å². The molecule has 5 heterocycles. The molecular weight excluding hydrogens is 528 g/mol. The van der Waals surface area contributed by atoms with Crippen molar-refractivity contribution in [3.05, 3.63) is 93.5 Å². The van der Waals surface area contributed by atoms with Crippen LogP contribution in [0.25, 0.3) is 39.4 Å². The molecule has 0 amide bonds. The predicted molar refractivity (Wildman–Crippen MR) is 166 cm³/mol. The zero-order valence-electron chi connectivity index (χ0n) is 23.2. The molecule has 5 aromatic rings. The molecule has 0 radical (unpaired) electrons. The largest absolute Gasteiger partial charge is 0.402 e. The number of nitrogens with two attached hydrogens (primary N) is 1. The van der Waals surface area contributed by atoms with Gasteiger partial charge in [-0.25, -0.2) is 9.97 Å². The molecule has 0 aliphatic heterocycles. The van der Waals surface area contributed by atoms with E-state index < -0.39 is 0 Å². The lowest BCUT2D eigenvalue weighted by Gasteiger charge is -2.17. The van der Waals surface area contributed by atoms with Crippen molar-refractivity contribution in [1.82, 2.24) is 30.1 Å². The Kier molecular flexibility index (Phi) is 6.51. The Balaban J connectivity index is 1.24. The highest BCUT2D eigenvalue weighted by atomic mass is 32.1. The van der Waals surface area contributed by atoms with Crippen molar-refractivity contribution in [2.24, 2.45) is 11.7 Å². The van der Waals surface area contributed by atoms with Gasteiger partial charge in [-0.15, -0.1) is 11.3 Å². The minimum absolute atomic E-state index is 0.592. The summed E-state index contributed by atoms with van der Waals surface area (Å²) in [4.78, 5) is 20.5. The van der Waals surface area contributed by atoms with Crippen molar-refractivity contribution < 1.29 is 0 Å². The zero-order valence-corrected chi connectivity index (χ0v) is 24.0. The highest BCUT2D eigenvalue weighted by Crippen LogP contribution is 2.36. The average molecular weight is 561 g/mol. The summed E-state index contributed by atoms with van der Waals surface area (Å²) in [5.74, 6) is 1.27. The molecule has 0 bridgehead atoms. The number of nitrogens with zero attached hydrogens (tertiary/aromatic N) is 4. The second-order valence-corrected chi connectivity index (χ2v) is 12.1. The lowest BCUT2D eigenvalue weighted by Crippen LogP contribution is -2.09. The van der Waals surface area contributed by atoms with Crippen LogP contribution in [0.2, 0.25) is 0 Å². The van der Waals surface area contributed by atoms with Crippen molar-refractivity contribution in [3.63, 3.8) is 0 Å². The number of hydrogen-bond acceptors (Lipinski definition) is 7. The van der Waals surface area contributed by atoms with Crippen molar-refractivity contribution >= 4 is 33.6 Å². The number of allylic oxidation sites excluding steroid dienone is 5. The van der Waals surface area contributed by atoms with E-state index in [2.05, 4.69) is 69.7 Å². The highest BCUT2D eigenvalue weighted by molar-refractivity contribution is 7.13. The van der Waals surface area contributed by atoms with E-state index in [1.165, 1.54) is 36.3 Å². The Labute approximate surface area is 242 Å². The summed E-state index contributed by atoms with van der Waals surface area (Å²) in [6, 6.07) is 10.4. The number of aryl methyl sites for hydroxylation is 1. The number of nitrogens with one attached hydrogen (secondary N) is 3. The molecule has 5 aromatic heterocycles. The molecule has 7 rings (SSSR count). The van der Waals surface area contributed by atoms with E-state index in [0.717, 1.165) is 55.5 Å². The van der Waals surface area contributed by atoms with Crippen LogP contribution in [0, 0.1) is 12.8 Å². The average Bonchev–Trinajstić information content (AvgIpc) is 3.79. The number of aromatic nitrogens is 6. The monoisotopic (exact) mass is 560 g/mol. The van der Waals surface area contributed by atoms with Crippen molar-refractivity contribution in [3.8, 4) is 22.8 Å². The second kappa shape index (κ2) is 10.5. The van der Waals surface area contributed by atoms with Crippen LogP contribution in [-0.4, -0.2) is 30.1 Å². The Morgan fingerprint density at radius 1 is 1.07 bits per heavy atom. The topological polar surface area (TPSA) is 121 Å². The molecule has 1 saturated carbocycles. The SMILES string of the molecule is C/C=C(/Nc1cncc(-c2ccc3[nH]nc(-c4nc5c([nH]4)CC(N)=CC=C5c4ccc(C)s4)c3n2)c1)C1CCCC1. The van der Waals surface area contributed by atoms with E-state index in [4.69, 9.17) is 15.7 Å². The molecule has 0 unspecified atom stereocenters. The van der Waals surface area contributed by atoms with Gasteiger partial charge in [0.25, 0.3) is 0 Å². The number of pyridine rings is 2. The molecule has 2 aliphatic rings. The maximum Gasteiger partial charge on any atom is 0.161 e. The first-order valence-corrected chi connectivity index (χ1v) is 14.9. The molecule has 206 valence electrons. The van der Waals surface area contributed by atoms with Crippen LogP contribution in [-0.2, 0) is 6.42 Å². The van der Waals surface area contributed by atoms with E-state index >= 15 is 0 Å². The standard InChI is InChI=1S/C32H32N8S/c1-3-24(19-6-4-5-7-19)35-22-14-20(16-34-17-22)25-11-12-26-30(36-25)31(40-39-26)32-37-27-15-21(33)9-10-23(29(27)38-32)28-13-8-18(2)41-28/h3,8-14,16-17,19,35H,4-7,15,33H2,1-2H3,(H,37,38)(H,39,40)/b24-3+. The van der Waals surface area contributed by atoms with Crippen molar-refractivity contribution in [1.29, 1.82) is 0 Å². The Bertz CT molecular complexity index is 1840. The van der Waals surface area contributed by atoms with Gasteiger partial charge in [-0.2, -0.15) is 5.10 Å². The molecule has 0 aromatic carbocycles. The minimum atomic E-state index is 0.592. The number of aromatic amines is 2. The van der Waals surface area contributed by atoms with Crippen LogP contribution >= 0.6 is 11.3 Å². The maximum absolute atomic E-state index is 6.31. The minimum Gasteiger partial charge on any atom is -0.402 e. The van der Waals surface area contributed by atoms with Crippen LogP contribution in [0.1, 0.15) is 53.7 Å². The summed E-state index contributed by atoms with van der Waals surface area (Å²) in [5, 5.41) is 11.4.